The van der Waals surface area contributed by atoms with Crippen molar-refractivity contribution in [3.05, 3.63) is 35.9 Å². The number of halogens is 1. The molecule has 0 aromatic heterocycles. The number of hydrogen-bond donors (Lipinski definition) is 2. The Morgan fingerprint density at radius 1 is 1.55 bits per heavy atom. The second-order valence-corrected chi connectivity index (χ2v) is 4.89. The van der Waals surface area contributed by atoms with Gasteiger partial charge in [-0.2, -0.15) is 0 Å². The third-order valence-corrected chi connectivity index (χ3v) is 2.79. The summed E-state index contributed by atoms with van der Waals surface area (Å²) in [4.78, 5) is 12.9. The van der Waals surface area contributed by atoms with Crippen LogP contribution in [-0.4, -0.2) is 36.7 Å². The van der Waals surface area contributed by atoms with Gasteiger partial charge in [-0.05, 0) is 24.4 Å². The number of ether oxygens (including phenoxy) is 1. The van der Waals surface area contributed by atoms with Gasteiger partial charge in [0, 0.05) is 30.9 Å². The summed E-state index contributed by atoms with van der Waals surface area (Å²) in [5, 5.41) is 6.38. The van der Waals surface area contributed by atoms with Crippen LogP contribution in [0, 0.1) is 0 Å². The van der Waals surface area contributed by atoms with Gasteiger partial charge in [0.15, 0.2) is 5.11 Å². The summed E-state index contributed by atoms with van der Waals surface area (Å²) in [5.41, 5.74) is 0.712. The standard InChI is InChI=1S/C13H16ClN3O2S/c1-9(14)8-17(3)12(20)16-10-5-4-6-11(7-10)19-13(18)15-2/h4-7H,1,8H2,2-3H3,(H,15,18)(H,16,20). The summed E-state index contributed by atoms with van der Waals surface area (Å²) < 4.78 is 5.03. The molecule has 0 aliphatic rings. The molecule has 7 heteroatoms. The number of carbonyl (C=O) groups excluding carboxylic acids is 1. The quantitative estimate of drug-likeness (QED) is 0.837. The molecule has 0 aliphatic heterocycles. The molecule has 0 heterocycles. The minimum absolute atomic E-state index is 0.418. The van der Waals surface area contributed by atoms with E-state index < -0.39 is 6.09 Å². The van der Waals surface area contributed by atoms with E-state index >= 15 is 0 Å². The zero-order chi connectivity index (χ0) is 15.1. The van der Waals surface area contributed by atoms with Crippen LogP contribution in [0.2, 0.25) is 0 Å². The zero-order valence-corrected chi connectivity index (χ0v) is 12.8. The zero-order valence-electron chi connectivity index (χ0n) is 11.3. The van der Waals surface area contributed by atoms with E-state index in [1.807, 2.05) is 6.07 Å². The van der Waals surface area contributed by atoms with Gasteiger partial charge in [0.25, 0.3) is 0 Å². The molecule has 5 nitrogen and oxygen atoms in total. The van der Waals surface area contributed by atoms with Crippen molar-refractivity contribution in [2.75, 3.05) is 26.0 Å². The van der Waals surface area contributed by atoms with Gasteiger partial charge >= 0.3 is 6.09 Å². The smallest absolute Gasteiger partial charge is 0.410 e. The van der Waals surface area contributed by atoms with Crippen LogP contribution in [0.5, 0.6) is 5.75 Å². The predicted molar refractivity (Wildman–Crippen MR) is 85.4 cm³/mol. The van der Waals surface area contributed by atoms with E-state index in [2.05, 4.69) is 17.2 Å². The first-order valence-corrected chi connectivity index (χ1v) is 6.56. The maximum absolute atomic E-state index is 11.1. The molecule has 1 aromatic rings. The Bertz CT molecular complexity index is 522. The summed E-state index contributed by atoms with van der Waals surface area (Å²) in [6.45, 7) is 4.06. The highest BCUT2D eigenvalue weighted by Gasteiger charge is 2.07. The molecular formula is C13H16ClN3O2S. The number of rotatable bonds is 4. The number of nitrogens with zero attached hydrogens (tertiary/aromatic N) is 1. The second kappa shape index (κ2) is 7.72. The summed E-state index contributed by atoms with van der Waals surface area (Å²) >= 11 is 11.0. The van der Waals surface area contributed by atoms with E-state index in [0.717, 1.165) is 0 Å². The van der Waals surface area contributed by atoms with Gasteiger partial charge in [0.2, 0.25) is 0 Å². The Labute approximate surface area is 128 Å². The SMILES string of the molecule is C=C(Cl)CN(C)C(=S)Nc1cccc(OC(=O)NC)c1. The van der Waals surface area contributed by atoms with Gasteiger partial charge in [-0.1, -0.05) is 24.2 Å². The van der Waals surface area contributed by atoms with Crippen LogP contribution in [0.1, 0.15) is 0 Å². The van der Waals surface area contributed by atoms with Crippen LogP contribution in [-0.2, 0) is 0 Å². The van der Waals surface area contributed by atoms with Gasteiger partial charge in [-0.15, -0.1) is 0 Å². The molecule has 0 unspecified atom stereocenters. The third-order valence-electron chi connectivity index (χ3n) is 2.26. The Kier molecular flexibility index (Phi) is 6.27. The first kappa shape index (κ1) is 16.3. The summed E-state index contributed by atoms with van der Waals surface area (Å²) in [5.74, 6) is 0.418. The van der Waals surface area contributed by atoms with E-state index in [1.54, 1.807) is 30.1 Å². The molecule has 108 valence electrons. The molecule has 0 fully saturated rings. The number of nitrogens with one attached hydrogen (secondary N) is 2. The molecule has 2 N–H and O–H groups in total. The van der Waals surface area contributed by atoms with Crippen LogP contribution in [0.4, 0.5) is 10.5 Å². The molecule has 1 amide bonds. The largest absolute Gasteiger partial charge is 0.412 e. The number of likely N-dealkylation sites (N-methyl/N-ethyl adjacent to an activating group) is 1. The first-order valence-electron chi connectivity index (χ1n) is 5.77. The Balaban J connectivity index is 2.68. The average Bonchev–Trinajstić information content (AvgIpc) is 2.38. The fourth-order valence-corrected chi connectivity index (χ4v) is 1.71. The van der Waals surface area contributed by atoms with Gasteiger partial charge in [0.05, 0.1) is 6.54 Å². The molecule has 0 aliphatic carbocycles. The molecule has 0 atom stereocenters. The normalized spacial score (nSPS) is 9.55. The van der Waals surface area contributed by atoms with Crippen LogP contribution in [0.3, 0.4) is 0 Å². The number of anilines is 1. The monoisotopic (exact) mass is 313 g/mol. The molecule has 1 aromatic carbocycles. The fourth-order valence-electron chi connectivity index (χ4n) is 1.34. The Morgan fingerprint density at radius 3 is 2.85 bits per heavy atom. The van der Waals surface area contributed by atoms with E-state index in [4.69, 9.17) is 28.6 Å². The first-order chi connectivity index (χ1) is 9.42. The van der Waals surface area contributed by atoms with Crippen LogP contribution < -0.4 is 15.4 Å². The molecular weight excluding hydrogens is 298 g/mol. The van der Waals surface area contributed by atoms with Crippen molar-refractivity contribution in [3.8, 4) is 5.75 Å². The third kappa shape index (κ3) is 5.46. The van der Waals surface area contributed by atoms with Crippen molar-refractivity contribution < 1.29 is 9.53 Å². The van der Waals surface area contributed by atoms with E-state index in [1.165, 1.54) is 7.05 Å². The minimum Gasteiger partial charge on any atom is -0.410 e. The lowest BCUT2D eigenvalue weighted by atomic mass is 10.3. The van der Waals surface area contributed by atoms with Crippen LogP contribution >= 0.6 is 23.8 Å². The fraction of sp³-hybridized carbons (Fsp3) is 0.231. The lowest BCUT2D eigenvalue weighted by molar-refractivity contribution is 0.203. The van der Waals surface area contributed by atoms with E-state index in [-0.39, 0.29) is 0 Å². The molecule has 0 radical (unpaired) electrons. The highest BCUT2D eigenvalue weighted by molar-refractivity contribution is 7.80. The Morgan fingerprint density at radius 2 is 2.25 bits per heavy atom. The number of thiocarbonyl (C=S) groups is 1. The number of benzene rings is 1. The van der Waals surface area contributed by atoms with Crippen molar-refractivity contribution in [3.63, 3.8) is 0 Å². The summed E-state index contributed by atoms with van der Waals surface area (Å²) in [7, 11) is 3.29. The second-order valence-electron chi connectivity index (χ2n) is 3.97. The summed E-state index contributed by atoms with van der Waals surface area (Å²) in [6, 6.07) is 6.91. The maximum atomic E-state index is 11.1. The highest BCUT2D eigenvalue weighted by Crippen LogP contribution is 2.18. The van der Waals surface area contributed by atoms with E-state index in [9.17, 15) is 4.79 Å². The van der Waals surface area contributed by atoms with Crippen molar-refractivity contribution in [1.29, 1.82) is 0 Å². The highest BCUT2D eigenvalue weighted by atomic mass is 35.5. The predicted octanol–water partition coefficient (Wildman–Crippen LogP) is 2.79. The molecule has 0 saturated carbocycles. The van der Waals surface area contributed by atoms with E-state index in [0.29, 0.717) is 28.1 Å². The van der Waals surface area contributed by atoms with Gasteiger partial charge in [-0.3, -0.25) is 0 Å². The van der Waals surface area contributed by atoms with Crippen molar-refractivity contribution in [2.24, 2.45) is 0 Å². The van der Waals surface area contributed by atoms with Gasteiger partial charge < -0.3 is 20.3 Å². The lowest BCUT2D eigenvalue weighted by Gasteiger charge is -2.20. The molecule has 0 saturated heterocycles. The number of amides is 1. The van der Waals surface area contributed by atoms with Crippen LogP contribution in [0.25, 0.3) is 0 Å². The molecule has 1 rings (SSSR count). The maximum Gasteiger partial charge on any atom is 0.412 e. The minimum atomic E-state index is -0.528. The Hall–Kier alpha value is -1.79. The van der Waals surface area contributed by atoms with Gasteiger partial charge in [0.1, 0.15) is 5.75 Å². The lowest BCUT2D eigenvalue weighted by Crippen LogP contribution is -2.31. The van der Waals surface area contributed by atoms with Crippen molar-refractivity contribution >= 4 is 40.7 Å². The summed E-state index contributed by atoms with van der Waals surface area (Å²) in [6.07, 6.45) is -0.528. The average molecular weight is 314 g/mol. The molecule has 0 bridgehead atoms. The molecule has 0 spiro atoms. The van der Waals surface area contributed by atoms with Gasteiger partial charge in [-0.25, -0.2) is 4.79 Å². The number of carbonyl (C=O) groups is 1. The van der Waals surface area contributed by atoms with Crippen molar-refractivity contribution in [1.82, 2.24) is 10.2 Å². The molecule has 20 heavy (non-hydrogen) atoms. The van der Waals surface area contributed by atoms with Crippen LogP contribution in [0.15, 0.2) is 35.9 Å². The topological polar surface area (TPSA) is 53.6 Å². The number of hydrogen-bond acceptors (Lipinski definition) is 3. The van der Waals surface area contributed by atoms with Crippen molar-refractivity contribution in [2.45, 2.75) is 0 Å².